The Bertz CT molecular complexity index is 1060. The van der Waals surface area contributed by atoms with Crippen molar-refractivity contribution in [2.24, 2.45) is 0 Å². The zero-order chi connectivity index (χ0) is 18.7. The summed E-state index contributed by atoms with van der Waals surface area (Å²) in [4.78, 5) is 9.50. The van der Waals surface area contributed by atoms with Crippen LogP contribution in [0.4, 0.5) is 0 Å². The van der Waals surface area contributed by atoms with E-state index in [2.05, 4.69) is 68.2 Å². The first-order valence-electron chi connectivity index (χ1n) is 8.11. The van der Waals surface area contributed by atoms with Crippen molar-refractivity contribution in [2.45, 2.75) is 20.8 Å². The number of benzene rings is 2. The van der Waals surface area contributed by atoms with Crippen molar-refractivity contribution in [3.63, 3.8) is 0 Å². The minimum atomic E-state index is 0.382. The number of aryl methyl sites for hydroxylation is 3. The van der Waals surface area contributed by atoms with Crippen molar-refractivity contribution in [1.29, 1.82) is 0 Å². The summed E-state index contributed by atoms with van der Waals surface area (Å²) in [6.07, 6.45) is 1.83. The molecule has 0 atom stereocenters. The van der Waals surface area contributed by atoms with Crippen molar-refractivity contribution in [3.05, 3.63) is 71.4 Å². The molecule has 0 aliphatic heterocycles. The molecule has 2 heterocycles. The molecule has 0 bridgehead atoms. The second kappa shape index (κ2) is 8.36. The Morgan fingerprint density at radius 1 is 0.808 bits per heavy atom. The van der Waals surface area contributed by atoms with E-state index < -0.39 is 0 Å². The van der Waals surface area contributed by atoms with Crippen molar-refractivity contribution >= 4 is 42.1 Å². The van der Waals surface area contributed by atoms with E-state index in [4.69, 9.17) is 25.3 Å². The van der Waals surface area contributed by atoms with Gasteiger partial charge in [-0.05, 0) is 44.0 Å². The Labute approximate surface area is 168 Å². The molecule has 0 unspecified atom stereocenters. The third-order valence-electron chi connectivity index (χ3n) is 4.37. The third kappa shape index (κ3) is 3.86. The van der Waals surface area contributed by atoms with Gasteiger partial charge >= 0.3 is 33.2 Å². The molecule has 26 heavy (non-hydrogen) atoms. The Morgan fingerprint density at radius 3 is 2.04 bits per heavy atom. The molecule has 5 heteroatoms. The fraction of sp³-hybridized carbons (Fsp3) is 0.143. The van der Waals surface area contributed by atoms with E-state index in [1.807, 2.05) is 12.3 Å². The summed E-state index contributed by atoms with van der Waals surface area (Å²) in [5.41, 5.74) is 8.01. The van der Waals surface area contributed by atoms with E-state index in [9.17, 15) is 0 Å². The number of hydrogen-bond acceptors (Lipinski definition) is 2. The van der Waals surface area contributed by atoms with Crippen LogP contribution in [0.25, 0.3) is 33.1 Å². The average Bonchev–Trinajstić information content (AvgIpc) is 2.61. The van der Waals surface area contributed by atoms with Crippen LogP contribution < -0.4 is 0 Å². The molecular formula is C21H18Cl2CoN2. The molecule has 0 fully saturated rings. The molecule has 0 amide bonds. The molecule has 135 valence electrons. The van der Waals surface area contributed by atoms with Crippen LogP contribution in [-0.2, 0) is 12.9 Å². The van der Waals surface area contributed by atoms with E-state index >= 15 is 0 Å². The van der Waals surface area contributed by atoms with Gasteiger partial charge in [-0.1, -0.05) is 42.0 Å². The number of pyridine rings is 2. The first-order chi connectivity index (χ1) is 12.5. The van der Waals surface area contributed by atoms with Gasteiger partial charge in [-0.25, -0.2) is 4.98 Å². The molecule has 4 aromatic rings. The number of hydrogen-bond donors (Lipinski definition) is 0. The SMILES string of the molecule is Cc1cc(C)c(-c2ccc3ccc4cccnc4c3n2)c(C)c1.[Cl][Co][Cl]. The Kier molecular flexibility index (Phi) is 6.15. The van der Waals surface area contributed by atoms with Gasteiger partial charge in [0.2, 0.25) is 0 Å². The molecule has 0 saturated carbocycles. The quantitative estimate of drug-likeness (QED) is 0.314. The molecule has 0 spiro atoms. The first-order valence-corrected chi connectivity index (χ1v) is 11.0. The van der Waals surface area contributed by atoms with Gasteiger partial charge < -0.3 is 0 Å². The van der Waals surface area contributed by atoms with Gasteiger partial charge in [0, 0.05) is 22.5 Å². The van der Waals surface area contributed by atoms with Crippen molar-refractivity contribution in [3.8, 4) is 11.3 Å². The number of nitrogens with zero attached hydrogens (tertiary/aromatic N) is 2. The maximum absolute atomic E-state index is 4.96. The van der Waals surface area contributed by atoms with Crippen LogP contribution in [0, 0.1) is 20.8 Å². The van der Waals surface area contributed by atoms with Crippen LogP contribution in [0.15, 0.2) is 54.7 Å². The van der Waals surface area contributed by atoms with Crippen LogP contribution in [0.2, 0.25) is 0 Å². The van der Waals surface area contributed by atoms with E-state index in [1.165, 1.54) is 22.3 Å². The molecule has 0 N–H and O–H groups in total. The molecule has 0 radical (unpaired) electrons. The van der Waals surface area contributed by atoms with E-state index in [-0.39, 0.29) is 0 Å². The first kappa shape index (κ1) is 19.1. The van der Waals surface area contributed by atoms with E-state index in [0.29, 0.717) is 12.9 Å². The average molecular weight is 428 g/mol. The molecule has 0 aliphatic rings. The second-order valence-corrected chi connectivity index (χ2v) is 7.95. The van der Waals surface area contributed by atoms with Crippen LogP contribution in [0.3, 0.4) is 0 Å². The van der Waals surface area contributed by atoms with Crippen LogP contribution >= 0.6 is 20.3 Å². The minimum absolute atomic E-state index is 0.382. The third-order valence-corrected chi connectivity index (χ3v) is 4.37. The van der Waals surface area contributed by atoms with Crippen molar-refractivity contribution in [2.75, 3.05) is 0 Å². The second-order valence-electron chi connectivity index (χ2n) is 6.23. The summed E-state index contributed by atoms with van der Waals surface area (Å²) in [5, 5.41) is 2.25. The Morgan fingerprint density at radius 2 is 1.38 bits per heavy atom. The summed E-state index contributed by atoms with van der Waals surface area (Å²) >= 11 is 0.382. The topological polar surface area (TPSA) is 25.8 Å². The molecule has 2 aromatic heterocycles. The monoisotopic (exact) mass is 427 g/mol. The zero-order valence-electron chi connectivity index (χ0n) is 14.7. The number of rotatable bonds is 1. The molecular weight excluding hydrogens is 410 g/mol. The van der Waals surface area contributed by atoms with E-state index in [1.54, 1.807) is 0 Å². The number of halogens is 2. The van der Waals surface area contributed by atoms with Crippen molar-refractivity contribution < 1.29 is 12.9 Å². The van der Waals surface area contributed by atoms with Crippen LogP contribution in [0.1, 0.15) is 16.7 Å². The summed E-state index contributed by atoms with van der Waals surface area (Å²) in [6, 6.07) is 17.0. The van der Waals surface area contributed by atoms with Gasteiger partial charge in [0.05, 0.1) is 16.7 Å². The fourth-order valence-electron chi connectivity index (χ4n) is 3.45. The number of aromatic nitrogens is 2. The van der Waals surface area contributed by atoms with Crippen LogP contribution in [0.5, 0.6) is 0 Å². The molecule has 4 rings (SSSR count). The van der Waals surface area contributed by atoms with Gasteiger partial charge in [0.15, 0.2) is 0 Å². The van der Waals surface area contributed by atoms with Gasteiger partial charge in [0.1, 0.15) is 0 Å². The molecule has 0 saturated heterocycles. The van der Waals surface area contributed by atoms with Gasteiger partial charge in [0.25, 0.3) is 0 Å². The maximum atomic E-state index is 4.96. The fourth-order valence-corrected chi connectivity index (χ4v) is 3.45. The van der Waals surface area contributed by atoms with Gasteiger partial charge in [-0.2, -0.15) is 0 Å². The predicted molar refractivity (Wildman–Crippen MR) is 108 cm³/mol. The summed E-state index contributed by atoms with van der Waals surface area (Å²) < 4.78 is 0. The summed E-state index contributed by atoms with van der Waals surface area (Å²) in [5.74, 6) is 0. The predicted octanol–water partition coefficient (Wildman–Crippen LogP) is 6.75. The molecule has 0 aliphatic carbocycles. The summed E-state index contributed by atoms with van der Waals surface area (Å²) in [7, 11) is 9.47. The standard InChI is InChI=1S/C21H18N2.2ClH.Co/c1-13-11-14(2)19(15(3)12-13)18-9-8-17-7-6-16-5-4-10-22-20(16)21(17)23-18;;;/h4-12H,1-3H3;2*1H;/q;;;+2/p-2. The van der Waals surface area contributed by atoms with Crippen LogP contribution in [-0.4, -0.2) is 9.97 Å². The van der Waals surface area contributed by atoms with E-state index in [0.717, 1.165) is 27.5 Å². The summed E-state index contributed by atoms with van der Waals surface area (Å²) in [6.45, 7) is 6.44. The zero-order valence-corrected chi connectivity index (χ0v) is 17.2. The Balaban J connectivity index is 0.000000613. The van der Waals surface area contributed by atoms with Gasteiger partial charge in [-0.15, -0.1) is 0 Å². The molecule has 2 nitrogen and oxygen atoms in total. The molecule has 2 aromatic carbocycles. The number of fused-ring (bicyclic) bond motifs is 3. The van der Waals surface area contributed by atoms with Crippen molar-refractivity contribution in [1.82, 2.24) is 9.97 Å². The Hall–Kier alpha value is -1.65. The normalized spacial score (nSPS) is 10.8. The van der Waals surface area contributed by atoms with Gasteiger partial charge in [-0.3, -0.25) is 4.98 Å².